The van der Waals surface area contributed by atoms with Crippen molar-refractivity contribution >= 4 is 40.3 Å². The molecule has 0 aliphatic heterocycles. The number of aryl methyl sites for hydroxylation is 1. The van der Waals surface area contributed by atoms with E-state index >= 15 is 0 Å². The first-order valence-electron chi connectivity index (χ1n) is 9.98. The molecule has 1 heterocycles. The summed E-state index contributed by atoms with van der Waals surface area (Å²) >= 11 is 6.26. The number of nitrogens with one attached hydrogen (secondary N) is 2. The zero-order valence-corrected chi connectivity index (χ0v) is 18.3. The molecule has 0 unspecified atom stereocenters. The Kier molecular flexibility index (Phi) is 6.37. The van der Waals surface area contributed by atoms with Crippen molar-refractivity contribution in [1.29, 1.82) is 0 Å². The van der Waals surface area contributed by atoms with Crippen molar-refractivity contribution in [1.82, 2.24) is 9.66 Å². The molecule has 4 rings (SSSR count). The number of carbonyl (C=O) groups excluding carboxylic acids is 1. The minimum atomic E-state index is -0.652. The number of halogens is 1. The summed E-state index contributed by atoms with van der Waals surface area (Å²) in [5.41, 5.74) is 1.56. The number of aromatic nitrogens is 2. The van der Waals surface area contributed by atoms with Crippen LogP contribution < -0.4 is 21.3 Å². The number of hydrogen-bond acceptors (Lipinski definition) is 5. The first-order valence-corrected chi connectivity index (χ1v) is 10.4. The molecule has 0 spiro atoms. The van der Waals surface area contributed by atoms with E-state index in [9.17, 15) is 14.4 Å². The van der Waals surface area contributed by atoms with Gasteiger partial charge < -0.3 is 15.0 Å². The Morgan fingerprint density at radius 1 is 1.12 bits per heavy atom. The van der Waals surface area contributed by atoms with Crippen LogP contribution >= 0.6 is 11.6 Å². The van der Waals surface area contributed by atoms with Crippen molar-refractivity contribution in [2.75, 3.05) is 11.9 Å². The quantitative estimate of drug-likeness (QED) is 0.427. The number of benzene rings is 3. The van der Waals surface area contributed by atoms with E-state index in [4.69, 9.17) is 16.3 Å². The van der Waals surface area contributed by atoms with Crippen LogP contribution in [0.4, 0.5) is 5.69 Å². The third-order valence-electron chi connectivity index (χ3n) is 4.76. The van der Waals surface area contributed by atoms with Crippen molar-refractivity contribution in [3.63, 3.8) is 0 Å². The van der Waals surface area contributed by atoms with E-state index in [0.29, 0.717) is 27.9 Å². The van der Waals surface area contributed by atoms with E-state index in [1.54, 1.807) is 54.6 Å². The Labute approximate surface area is 193 Å². The van der Waals surface area contributed by atoms with E-state index in [2.05, 4.69) is 15.4 Å². The number of ether oxygens (including phenoxy) is 1. The highest BCUT2D eigenvalue weighted by atomic mass is 35.5. The smallest absolute Gasteiger partial charge is 0.349 e. The van der Waals surface area contributed by atoms with Crippen molar-refractivity contribution in [3.05, 3.63) is 104 Å². The van der Waals surface area contributed by atoms with Gasteiger partial charge in [-0.25, -0.2) is 4.79 Å². The first kappa shape index (κ1) is 22.0. The average Bonchev–Trinajstić information content (AvgIpc) is 2.80. The fraction of sp³-hybridized carbons (Fsp3) is 0.0833. The Hall–Kier alpha value is -4.17. The predicted octanol–water partition coefficient (Wildman–Crippen LogP) is 3.55. The second kappa shape index (κ2) is 9.54. The molecule has 0 fully saturated rings. The fourth-order valence-corrected chi connectivity index (χ4v) is 3.32. The molecule has 2 N–H and O–H groups in total. The average molecular weight is 463 g/mol. The zero-order valence-electron chi connectivity index (χ0n) is 17.5. The van der Waals surface area contributed by atoms with Crippen LogP contribution in [0.25, 0.3) is 10.9 Å². The number of nitrogens with zero attached hydrogens (tertiary/aromatic N) is 2. The van der Waals surface area contributed by atoms with Crippen LogP contribution in [0.2, 0.25) is 5.02 Å². The molecule has 0 aliphatic rings. The topological polar surface area (TPSA) is 106 Å². The standard InChI is InChI=1S/C24H19ClN4O4/c1-15-6-9-17(10-7-15)27-22(30)14-33-21-11-8-16(12-19(21)25)13-26-29-23(31)18-4-2-3-5-20(18)28-24(29)32/h2-13H,14H2,1H3,(H,27,30)(H,28,32). The lowest BCUT2D eigenvalue weighted by Gasteiger charge is -2.09. The van der Waals surface area contributed by atoms with Gasteiger partial charge in [0, 0.05) is 5.69 Å². The molecule has 0 saturated carbocycles. The second-order valence-electron chi connectivity index (χ2n) is 7.23. The van der Waals surface area contributed by atoms with Gasteiger partial charge in [0.25, 0.3) is 11.5 Å². The number of aromatic amines is 1. The maximum atomic E-state index is 12.5. The molecule has 166 valence electrons. The normalized spacial score (nSPS) is 11.1. The van der Waals surface area contributed by atoms with Crippen molar-refractivity contribution in [2.45, 2.75) is 6.92 Å². The van der Waals surface area contributed by atoms with E-state index in [0.717, 1.165) is 10.2 Å². The second-order valence-corrected chi connectivity index (χ2v) is 7.64. The molecule has 0 aliphatic carbocycles. The lowest BCUT2D eigenvalue weighted by Crippen LogP contribution is -2.32. The van der Waals surface area contributed by atoms with Gasteiger partial charge in [0.15, 0.2) is 6.61 Å². The van der Waals surface area contributed by atoms with Crippen molar-refractivity contribution in [2.24, 2.45) is 5.10 Å². The summed E-state index contributed by atoms with van der Waals surface area (Å²) in [6, 6.07) is 18.9. The van der Waals surface area contributed by atoms with E-state index in [1.165, 1.54) is 6.21 Å². The number of carbonyl (C=O) groups is 1. The van der Waals surface area contributed by atoms with Crippen molar-refractivity contribution < 1.29 is 9.53 Å². The van der Waals surface area contributed by atoms with Gasteiger partial charge in [-0.2, -0.15) is 5.10 Å². The lowest BCUT2D eigenvalue weighted by atomic mass is 10.2. The Balaban J connectivity index is 1.44. The highest BCUT2D eigenvalue weighted by molar-refractivity contribution is 6.32. The Morgan fingerprint density at radius 2 is 1.88 bits per heavy atom. The molecule has 3 aromatic carbocycles. The summed E-state index contributed by atoms with van der Waals surface area (Å²) in [6.07, 6.45) is 1.34. The summed E-state index contributed by atoms with van der Waals surface area (Å²) in [5.74, 6) is -0.0101. The number of para-hydroxylation sites is 1. The first-order chi connectivity index (χ1) is 15.9. The molecular weight excluding hydrogens is 444 g/mol. The van der Waals surface area contributed by atoms with Gasteiger partial charge in [-0.3, -0.25) is 9.59 Å². The predicted molar refractivity (Wildman–Crippen MR) is 129 cm³/mol. The summed E-state index contributed by atoms with van der Waals surface area (Å²) in [5, 5.41) is 7.33. The molecule has 1 amide bonds. The zero-order chi connectivity index (χ0) is 23.4. The van der Waals surface area contributed by atoms with Gasteiger partial charge in [0.2, 0.25) is 0 Å². The van der Waals surface area contributed by atoms with Crippen LogP contribution in [0.5, 0.6) is 5.75 Å². The number of anilines is 1. The summed E-state index contributed by atoms with van der Waals surface area (Å²) in [6.45, 7) is 1.74. The molecule has 0 saturated heterocycles. The number of rotatable bonds is 6. The Bertz CT molecular complexity index is 1470. The summed E-state index contributed by atoms with van der Waals surface area (Å²) in [4.78, 5) is 39.4. The molecule has 1 aromatic heterocycles. The maximum Gasteiger partial charge on any atom is 0.349 e. The highest BCUT2D eigenvalue weighted by Gasteiger charge is 2.08. The molecule has 33 heavy (non-hydrogen) atoms. The minimum absolute atomic E-state index is 0.219. The molecule has 8 nitrogen and oxygen atoms in total. The van der Waals surface area contributed by atoms with Gasteiger partial charge in [-0.15, -0.1) is 4.68 Å². The SMILES string of the molecule is Cc1ccc(NC(=O)COc2ccc(C=Nn3c(=O)[nH]c4ccccc4c3=O)cc2Cl)cc1. The molecule has 0 bridgehead atoms. The molecule has 0 atom stereocenters. The largest absolute Gasteiger partial charge is 0.482 e. The fourth-order valence-electron chi connectivity index (χ4n) is 3.07. The Morgan fingerprint density at radius 3 is 2.64 bits per heavy atom. The van der Waals surface area contributed by atoms with Crippen LogP contribution in [-0.2, 0) is 4.79 Å². The number of hydrogen-bond donors (Lipinski definition) is 2. The van der Waals surface area contributed by atoms with Crippen LogP contribution in [0, 0.1) is 6.92 Å². The van der Waals surface area contributed by atoms with E-state index in [1.807, 2.05) is 19.1 Å². The van der Waals surface area contributed by atoms with Gasteiger partial charge in [0.1, 0.15) is 5.75 Å². The molecule has 9 heteroatoms. The monoisotopic (exact) mass is 462 g/mol. The number of H-pyrrole nitrogens is 1. The lowest BCUT2D eigenvalue weighted by molar-refractivity contribution is -0.118. The van der Waals surface area contributed by atoms with Gasteiger partial charge >= 0.3 is 5.69 Å². The van der Waals surface area contributed by atoms with Gasteiger partial charge in [-0.05, 0) is 55.0 Å². The minimum Gasteiger partial charge on any atom is -0.482 e. The third-order valence-corrected chi connectivity index (χ3v) is 5.05. The summed E-state index contributed by atoms with van der Waals surface area (Å²) < 4.78 is 6.25. The van der Waals surface area contributed by atoms with E-state index < -0.39 is 11.2 Å². The van der Waals surface area contributed by atoms with Crippen LogP contribution in [0.1, 0.15) is 11.1 Å². The van der Waals surface area contributed by atoms with E-state index in [-0.39, 0.29) is 17.5 Å². The molecule has 4 aromatic rings. The van der Waals surface area contributed by atoms with Gasteiger partial charge in [-0.1, -0.05) is 41.4 Å². The third kappa shape index (κ3) is 5.19. The van der Waals surface area contributed by atoms with Crippen LogP contribution in [0.15, 0.2) is 81.4 Å². The van der Waals surface area contributed by atoms with Gasteiger partial charge in [0.05, 0.1) is 22.1 Å². The number of amides is 1. The van der Waals surface area contributed by atoms with Crippen molar-refractivity contribution in [3.8, 4) is 5.75 Å². The number of fused-ring (bicyclic) bond motifs is 1. The molecular formula is C24H19ClN4O4. The maximum absolute atomic E-state index is 12.5. The van der Waals surface area contributed by atoms with Crippen LogP contribution in [0.3, 0.4) is 0 Å². The highest BCUT2D eigenvalue weighted by Crippen LogP contribution is 2.25. The van der Waals surface area contributed by atoms with Crippen LogP contribution in [-0.4, -0.2) is 28.4 Å². The molecule has 0 radical (unpaired) electrons. The summed E-state index contributed by atoms with van der Waals surface area (Å²) in [7, 11) is 0.